The fraction of sp³-hybridized carbons (Fsp3) is 0.176. The van der Waals surface area contributed by atoms with E-state index in [9.17, 15) is 23.6 Å². The second-order valence-corrected chi connectivity index (χ2v) is 11.5. The van der Waals surface area contributed by atoms with E-state index in [1.54, 1.807) is 43.3 Å². The minimum absolute atomic E-state index is 0.0106. The first kappa shape index (κ1) is 30.6. The Morgan fingerprint density at radius 2 is 1.72 bits per heavy atom. The highest BCUT2D eigenvalue weighted by Gasteiger charge is 2.29. The molecular weight excluding hydrogens is 611 g/mol. The van der Waals surface area contributed by atoms with Gasteiger partial charge < -0.3 is 16.0 Å². The van der Waals surface area contributed by atoms with Gasteiger partial charge in [0, 0.05) is 17.3 Å². The topological polar surface area (TPSA) is 135 Å². The lowest BCUT2D eigenvalue weighted by molar-refractivity contribution is 0.0927. The molecule has 1 aliphatic carbocycles. The third kappa shape index (κ3) is 5.72. The summed E-state index contributed by atoms with van der Waals surface area (Å²) in [5, 5.41) is 12.9. The van der Waals surface area contributed by atoms with Crippen molar-refractivity contribution in [2.24, 2.45) is 0 Å². The van der Waals surface area contributed by atoms with E-state index in [4.69, 9.17) is 11.6 Å². The van der Waals surface area contributed by atoms with E-state index >= 15 is 0 Å². The molecule has 0 fully saturated rings. The first-order valence-corrected chi connectivity index (χ1v) is 14.9. The van der Waals surface area contributed by atoms with Gasteiger partial charge in [-0.1, -0.05) is 41.9 Å². The summed E-state index contributed by atoms with van der Waals surface area (Å²) >= 11 is 6.23. The Kier molecular flexibility index (Phi) is 8.09. The van der Waals surface area contributed by atoms with E-state index in [-0.39, 0.29) is 40.1 Å². The number of halogens is 2. The number of carbonyl (C=O) groups is 4. The van der Waals surface area contributed by atoms with Crippen LogP contribution in [0.4, 0.5) is 15.8 Å². The van der Waals surface area contributed by atoms with E-state index in [1.165, 1.54) is 35.8 Å². The molecule has 0 saturated heterocycles. The molecule has 2 heterocycles. The lowest BCUT2D eigenvalue weighted by Gasteiger charge is -2.16. The molecule has 232 valence electrons. The summed E-state index contributed by atoms with van der Waals surface area (Å²) in [5.41, 5.74) is 4.10. The summed E-state index contributed by atoms with van der Waals surface area (Å²) < 4.78 is 15.4. The lowest BCUT2D eigenvalue weighted by atomic mass is 9.96. The van der Waals surface area contributed by atoms with Crippen LogP contribution in [0.2, 0.25) is 5.02 Å². The summed E-state index contributed by atoms with van der Waals surface area (Å²) in [6.07, 6.45) is 2.53. The van der Waals surface area contributed by atoms with Crippen molar-refractivity contribution in [2.45, 2.75) is 39.7 Å². The molecule has 3 aromatic carbocycles. The number of amides is 3. The first-order chi connectivity index (χ1) is 22.0. The van der Waals surface area contributed by atoms with Crippen molar-refractivity contribution in [3.63, 3.8) is 0 Å². The van der Waals surface area contributed by atoms with Gasteiger partial charge in [-0.25, -0.2) is 13.9 Å². The number of ketones is 1. The van der Waals surface area contributed by atoms with E-state index < -0.39 is 23.5 Å². The summed E-state index contributed by atoms with van der Waals surface area (Å²) in [6.45, 7) is 5.02. The number of hydrogen-bond donors (Lipinski definition) is 3. The summed E-state index contributed by atoms with van der Waals surface area (Å²) in [6, 6.07) is 15.4. The Morgan fingerprint density at radius 1 is 0.935 bits per heavy atom. The van der Waals surface area contributed by atoms with Crippen molar-refractivity contribution < 1.29 is 23.6 Å². The average Bonchev–Trinajstić information content (AvgIpc) is 3.64. The van der Waals surface area contributed by atoms with Gasteiger partial charge in [-0.2, -0.15) is 5.10 Å². The number of anilines is 2. The second-order valence-electron chi connectivity index (χ2n) is 11.1. The molecule has 0 spiro atoms. The maximum Gasteiger partial charge on any atom is 0.274 e. The van der Waals surface area contributed by atoms with Crippen molar-refractivity contribution in [1.82, 2.24) is 19.9 Å². The fourth-order valence-corrected chi connectivity index (χ4v) is 5.85. The standard InChI is InChI=1S/C34H28ClFN6O4/c1-17-8-9-20(14-26(17)36)38-33(45)29-15-30(34(46)40-27-13-12-22-18(2)21(19(3)43)10-11-23(22)27)42-31(39-29)24(16-37-42)32(44)41-28-7-5-4-6-25(28)35/h4-11,14-16,27H,12-13H2,1-3H3,(H,38,45)(H,40,46)(H,41,44)/t27-/m0/s1. The van der Waals surface area contributed by atoms with Gasteiger partial charge in [-0.15, -0.1) is 0 Å². The Hall–Kier alpha value is -5.42. The molecule has 46 heavy (non-hydrogen) atoms. The van der Waals surface area contributed by atoms with Crippen LogP contribution in [0.25, 0.3) is 5.65 Å². The monoisotopic (exact) mass is 638 g/mol. The number of para-hydroxylation sites is 1. The molecule has 0 unspecified atom stereocenters. The maximum absolute atomic E-state index is 14.2. The molecule has 0 bridgehead atoms. The van der Waals surface area contributed by atoms with Crippen LogP contribution in [0, 0.1) is 19.7 Å². The maximum atomic E-state index is 14.2. The molecule has 0 aliphatic heterocycles. The summed E-state index contributed by atoms with van der Waals surface area (Å²) in [7, 11) is 0. The van der Waals surface area contributed by atoms with Crippen molar-refractivity contribution >= 4 is 52.1 Å². The molecule has 2 aromatic heterocycles. The quantitative estimate of drug-likeness (QED) is 0.180. The van der Waals surface area contributed by atoms with Crippen molar-refractivity contribution in [3.05, 3.63) is 122 Å². The highest BCUT2D eigenvalue weighted by Crippen LogP contribution is 2.35. The van der Waals surface area contributed by atoms with Gasteiger partial charge in [0.1, 0.15) is 22.8 Å². The number of Topliss-reactive ketones (excluding diaryl/α,β-unsaturated/α-hetero) is 1. The van der Waals surface area contributed by atoms with Crippen LogP contribution >= 0.6 is 11.6 Å². The van der Waals surface area contributed by atoms with Gasteiger partial charge >= 0.3 is 0 Å². The molecular formula is C34H28ClFN6O4. The molecule has 5 aromatic rings. The van der Waals surface area contributed by atoms with Gasteiger partial charge in [0.25, 0.3) is 17.7 Å². The smallest absolute Gasteiger partial charge is 0.274 e. The number of rotatable bonds is 7. The van der Waals surface area contributed by atoms with E-state index in [1.807, 2.05) is 13.0 Å². The average molecular weight is 639 g/mol. The van der Waals surface area contributed by atoms with Crippen LogP contribution in [0.3, 0.4) is 0 Å². The molecule has 1 aliphatic rings. The second kappa shape index (κ2) is 12.2. The number of aryl methyl sites for hydroxylation is 1. The molecule has 0 saturated carbocycles. The minimum atomic E-state index is -0.725. The number of benzene rings is 3. The molecule has 6 rings (SSSR count). The molecule has 12 heteroatoms. The third-order valence-corrected chi connectivity index (χ3v) is 8.44. The SMILES string of the molecule is CC(=O)c1ccc2c(c1C)CC[C@@H]2NC(=O)c1cc(C(=O)Nc2ccc(C)c(F)c2)nc2c(C(=O)Nc3ccccc3Cl)cnn12. The minimum Gasteiger partial charge on any atom is -0.344 e. The van der Waals surface area contributed by atoms with Crippen LogP contribution in [-0.2, 0) is 6.42 Å². The van der Waals surface area contributed by atoms with Gasteiger partial charge in [-0.3, -0.25) is 19.2 Å². The number of hydrogen-bond acceptors (Lipinski definition) is 6. The Balaban J connectivity index is 1.38. The Labute approximate surface area is 268 Å². The molecule has 3 N–H and O–H groups in total. The highest BCUT2D eigenvalue weighted by atomic mass is 35.5. The van der Waals surface area contributed by atoms with Gasteiger partial charge in [0.15, 0.2) is 11.4 Å². The van der Waals surface area contributed by atoms with Crippen LogP contribution in [0.5, 0.6) is 0 Å². The van der Waals surface area contributed by atoms with E-state index in [2.05, 4.69) is 26.0 Å². The normalized spacial score (nSPS) is 13.7. The van der Waals surface area contributed by atoms with Gasteiger partial charge in [-0.05, 0) is 80.1 Å². The summed E-state index contributed by atoms with van der Waals surface area (Å²) in [5.74, 6) is -2.42. The predicted octanol–water partition coefficient (Wildman–Crippen LogP) is 6.26. The Morgan fingerprint density at radius 3 is 2.46 bits per heavy atom. The summed E-state index contributed by atoms with van der Waals surface area (Å²) in [4.78, 5) is 57.1. The van der Waals surface area contributed by atoms with Gasteiger partial charge in [0.05, 0.1) is 22.9 Å². The predicted molar refractivity (Wildman–Crippen MR) is 171 cm³/mol. The number of nitrogens with zero attached hydrogens (tertiary/aromatic N) is 3. The van der Waals surface area contributed by atoms with Crippen molar-refractivity contribution in [2.75, 3.05) is 10.6 Å². The van der Waals surface area contributed by atoms with Crippen molar-refractivity contribution in [1.29, 1.82) is 0 Å². The zero-order chi connectivity index (χ0) is 32.7. The van der Waals surface area contributed by atoms with Crippen LogP contribution in [0.1, 0.15) is 83.3 Å². The van der Waals surface area contributed by atoms with Crippen molar-refractivity contribution in [3.8, 4) is 0 Å². The third-order valence-electron chi connectivity index (χ3n) is 8.11. The van der Waals surface area contributed by atoms with Gasteiger partial charge in [0.2, 0.25) is 0 Å². The number of aromatic nitrogens is 3. The zero-order valence-corrected chi connectivity index (χ0v) is 25.8. The largest absolute Gasteiger partial charge is 0.344 e. The molecule has 0 radical (unpaired) electrons. The van der Waals surface area contributed by atoms with Crippen LogP contribution in [-0.4, -0.2) is 38.1 Å². The number of carbonyl (C=O) groups excluding carboxylic acids is 4. The lowest BCUT2D eigenvalue weighted by Crippen LogP contribution is -2.30. The molecule has 10 nitrogen and oxygen atoms in total. The van der Waals surface area contributed by atoms with Crippen LogP contribution in [0.15, 0.2) is 66.9 Å². The fourth-order valence-electron chi connectivity index (χ4n) is 5.66. The molecule has 1 atom stereocenters. The van der Waals surface area contributed by atoms with E-state index in [0.29, 0.717) is 34.7 Å². The highest BCUT2D eigenvalue weighted by molar-refractivity contribution is 6.34. The molecule has 3 amide bonds. The Bertz CT molecular complexity index is 2090. The first-order valence-electron chi connectivity index (χ1n) is 14.5. The number of fused-ring (bicyclic) bond motifs is 2. The van der Waals surface area contributed by atoms with E-state index in [0.717, 1.165) is 16.7 Å². The van der Waals surface area contributed by atoms with Crippen LogP contribution < -0.4 is 16.0 Å². The number of nitrogens with one attached hydrogen (secondary N) is 3. The zero-order valence-electron chi connectivity index (χ0n) is 25.1.